The number of nitro benzene ring substituents is 6. The number of hydrogen-bond acceptors (Lipinski definition) is 20. The monoisotopic (exact) mass is 1130 g/mol. The number of carbonyl (C=O) groups excluding carboxylic acids is 4. The Morgan fingerprint density at radius 3 is 1.04 bits per heavy atom. The second-order valence-corrected chi connectivity index (χ2v) is 18.7. The van der Waals surface area contributed by atoms with Gasteiger partial charge in [0.05, 0.1) is 40.7 Å². The molecule has 30 heteroatoms. The molecule has 2 aliphatic rings. The minimum Gasteiger partial charge on any atom is -0.444 e. The van der Waals surface area contributed by atoms with Gasteiger partial charge in [-0.1, -0.05) is 56.4 Å². The SMILES string of the molecule is O=C(NCCCCCCNC(=O)OCc1c([N+](=O)[O-])cccc1[N+](=O)[O-])OCc1c([N+](=O)[O-])cccc1[N+](=O)[O-].O=C(OCc1ccccc1[N+](=O)[O-])N1CCC(CCCC2CCN(C(=O)OCc3ccccc3[N+](=O)[O-])CC2)CC1. The van der Waals surface area contributed by atoms with Crippen LogP contribution in [-0.2, 0) is 45.4 Å². The average molecular weight is 1130 g/mol. The number of piperidine rings is 2. The minimum atomic E-state index is -0.907. The molecule has 0 radical (unpaired) electrons. The van der Waals surface area contributed by atoms with Crippen LogP contribution in [0.2, 0.25) is 0 Å². The molecule has 434 valence electrons. The summed E-state index contributed by atoms with van der Waals surface area (Å²) in [5, 5.41) is 71.6. The summed E-state index contributed by atoms with van der Waals surface area (Å²) in [6.07, 6.45) is 6.54. The number of carbonyl (C=O) groups is 4. The molecule has 0 spiro atoms. The normalized spacial score (nSPS) is 13.3. The molecule has 2 aliphatic heterocycles. The third kappa shape index (κ3) is 19.6. The Kier molecular flexibility index (Phi) is 24.3. The molecule has 4 aromatic rings. The number of ether oxygens (including phenoxy) is 4. The number of nitrogens with zero attached hydrogens (tertiary/aromatic N) is 8. The van der Waals surface area contributed by atoms with Gasteiger partial charge in [-0.3, -0.25) is 60.7 Å². The summed E-state index contributed by atoms with van der Waals surface area (Å²) in [6.45, 7) is 1.30. The van der Waals surface area contributed by atoms with E-state index in [-0.39, 0.29) is 48.8 Å². The Morgan fingerprint density at radius 1 is 0.407 bits per heavy atom. The number of alkyl carbamates (subject to hydrolysis) is 2. The first kappa shape index (κ1) is 62.2. The number of amides is 4. The minimum absolute atomic E-state index is 0.0547. The van der Waals surface area contributed by atoms with Crippen LogP contribution in [0.1, 0.15) is 92.9 Å². The second kappa shape index (κ2) is 31.7. The van der Waals surface area contributed by atoms with Crippen LogP contribution < -0.4 is 10.6 Å². The Balaban J connectivity index is 0.000000297. The van der Waals surface area contributed by atoms with Crippen LogP contribution in [0.5, 0.6) is 0 Å². The second-order valence-electron chi connectivity index (χ2n) is 18.7. The number of rotatable bonds is 25. The van der Waals surface area contributed by atoms with Crippen LogP contribution in [0.3, 0.4) is 0 Å². The maximum atomic E-state index is 12.5. The van der Waals surface area contributed by atoms with E-state index in [0.29, 0.717) is 74.8 Å². The highest BCUT2D eigenvalue weighted by atomic mass is 16.7. The van der Waals surface area contributed by atoms with Crippen LogP contribution >= 0.6 is 0 Å². The number of nitro groups is 6. The predicted octanol–water partition coefficient (Wildman–Crippen LogP) is 10.1. The molecule has 0 aromatic heterocycles. The molecule has 6 rings (SSSR count). The van der Waals surface area contributed by atoms with Crippen molar-refractivity contribution in [1.29, 1.82) is 0 Å². The highest BCUT2D eigenvalue weighted by Crippen LogP contribution is 2.32. The zero-order chi connectivity index (χ0) is 58.8. The van der Waals surface area contributed by atoms with Gasteiger partial charge < -0.3 is 39.4 Å². The quantitative estimate of drug-likeness (QED) is 0.0269. The zero-order valence-corrected chi connectivity index (χ0v) is 43.8. The zero-order valence-electron chi connectivity index (χ0n) is 43.8. The van der Waals surface area contributed by atoms with Crippen molar-refractivity contribution >= 4 is 58.5 Å². The predicted molar refractivity (Wildman–Crippen MR) is 283 cm³/mol. The molecular weight excluding hydrogens is 1070 g/mol. The van der Waals surface area contributed by atoms with Crippen molar-refractivity contribution < 1.29 is 67.7 Å². The van der Waals surface area contributed by atoms with E-state index in [1.54, 1.807) is 46.2 Å². The fraction of sp³-hybridized carbons (Fsp3) is 0.451. The van der Waals surface area contributed by atoms with Gasteiger partial charge in [-0.2, -0.15) is 0 Å². The van der Waals surface area contributed by atoms with Crippen molar-refractivity contribution in [1.82, 2.24) is 20.4 Å². The van der Waals surface area contributed by atoms with Gasteiger partial charge in [0.25, 0.3) is 34.1 Å². The first-order valence-electron chi connectivity index (χ1n) is 25.7. The van der Waals surface area contributed by atoms with Crippen LogP contribution in [0.25, 0.3) is 0 Å². The fourth-order valence-corrected chi connectivity index (χ4v) is 9.05. The summed E-state index contributed by atoms with van der Waals surface area (Å²) >= 11 is 0. The summed E-state index contributed by atoms with van der Waals surface area (Å²) in [7, 11) is 0. The maximum absolute atomic E-state index is 12.5. The Hall–Kier alpha value is -9.64. The van der Waals surface area contributed by atoms with Crippen LogP contribution in [0.4, 0.5) is 53.3 Å². The Labute approximate surface area is 461 Å². The number of benzene rings is 4. The van der Waals surface area contributed by atoms with Gasteiger partial charge in [-0.25, -0.2) is 19.2 Å². The van der Waals surface area contributed by atoms with Gasteiger partial charge in [-0.05, 0) is 74.6 Å². The van der Waals surface area contributed by atoms with Crippen molar-refractivity contribution in [2.24, 2.45) is 11.8 Å². The topological polar surface area (TPSA) is 395 Å². The average Bonchev–Trinajstić information content (AvgIpc) is 3.46. The Bertz CT molecular complexity index is 2640. The highest BCUT2D eigenvalue weighted by molar-refractivity contribution is 5.69. The molecule has 0 saturated carbocycles. The summed E-state index contributed by atoms with van der Waals surface area (Å²) < 4.78 is 20.5. The number of para-hydroxylation sites is 2. The molecule has 2 N–H and O–H groups in total. The van der Waals surface area contributed by atoms with Crippen molar-refractivity contribution in [2.75, 3.05) is 39.3 Å². The molecule has 0 aliphatic carbocycles. The fourth-order valence-electron chi connectivity index (χ4n) is 9.05. The number of likely N-dealkylation sites (tertiary alicyclic amines) is 2. The third-order valence-electron chi connectivity index (χ3n) is 13.4. The lowest BCUT2D eigenvalue weighted by molar-refractivity contribution is -0.396. The number of unbranched alkanes of at least 4 members (excludes halogenated alkanes) is 3. The summed E-state index contributed by atoms with van der Waals surface area (Å²) in [6, 6.07) is 19.1. The van der Waals surface area contributed by atoms with Gasteiger partial charge in [0.1, 0.15) is 37.6 Å². The molecular formula is C51H60N10O20. The van der Waals surface area contributed by atoms with Crippen molar-refractivity contribution in [3.8, 4) is 0 Å². The lowest BCUT2D eigenvalue weighted by Gasteiger charge is -2.33. The van der Waals surface area contributed by atoms with E-state index >= 15 is 0 Å². The number of hydrogen-bond donors (Lipinski definition) is 2. The third-order valence-corrected chi connectivity index (χ3v) is 13.4. The maximum Gasteiger partial charge on any atom is 0.410 e. The van der Waals surface area contributed by atoms with Crippen LogP contribution in [-0.4, -0.2) is 103 Å². The molecule has 81 heavy (non-hydrogen) atoms. The van der Waals surface area contributed by atoms with E-state index in [2.05, 4.69) is 10.6 Å². The molecule has 4 aromatic carbocycles. The first-order chi connectivity index (χ1) is 38.8. The first-order valence-corrected chi connectivity index (χ1v) is 25.7. The standard InChI is InChI=1S/C29H36N4O8.C22H24N6O12/c34-28(40-20-24-8-1-3-10-26(24)32(36)37)30-16-12-22(13-17-30)6-5-7-23-14-18-31(19-15-23)29(35)41-21-25-9-2-4-11-27(25)33(38)39;29-21(39-13-15-17(25(31)32)7-5-8-18(15)26(33)34)23-11-3-1-2-4-12-24-22(30)40-14-16-19(27(35)36)9-6-10-20(16)28(37)38/h1-4,8-11,22-23H,5-7,12-21H2;5-10H,1-4,11-14H2,(H,23,29)(H,24,30). The van der Waals surface area contributed by atoms with E-state index in [4.69, 9.17) is 18.9 Å². The molecule has 0 unspecified atom stereocenters. The lowest BCUT2D eigenvalue weighted by atomic mass is 9.87. The smallest absolute Gasteiger partial charge is 0.410 e. The van der Waals surface area contributed by atoms with Gasteiger partial charge >= 0.3 is 24.4 Å². The van der Waals surface area contributed by atoms with Crippen LogP contribution in [0.15, 0.2) is 84.9 Å². The molecule has 4 amide bonds. The number of nitrogens with one attached hydrogen (secondary N) is 2. The van der Waals surface area contributed by atoms with Crippen molar-refractivity contribution in [3.63, 3.8) is 0 Å². The van der Waals surface area contributed by atoms with E-state index in [9.17, 15) is 79.9 Å². The molecule has 2 saturated heterocycles. The van der Waals surface area contributed by atoms with Gasteiger partial charge in [0.2, 0.25) is 0 Å². The van der Waals surface area contributed by atoms with Crippen molar-refractivity contribution in [3.05, 3.63) is 168 Å². The summed E-state index contributed by atoms with van der Waals surface area (Å²) in [5.74, 6) is 1.10. The highest BCUT2D eigenvalue weighted by Gasteiger charge is 2.30. The van der Waals surface area contributed by atoms with Crippen LogP contribution in [0, 0.1) is 72.5 Å². The van der Waals surface area contributed by atoms with E-state index in [0.717, 1.165) is 81.3 Å². The van der Waals surface area contributed by atoms with Gasteiger partial charge in [0, 0.05) is 75.7 Å². The molecule has 0 atom stereocenters. The van der Waals surface area contributed by atoms with E-state index in [1.165, 1.54) is 12.1 Å². The van der Waals surface area contributed by atoms with E-state index in [1.807, 2.05) is 0 Å². The molecule has 0 bridgehead atoms. The molecule has 2 fully saturated rings. The summed E-state index contributed by atoms with van der Waals surface area (Å²) in [5.41, 5.74) is -2.18. The summed E-state index contributed by atoms with van der Waals surface area (Å²) in [4.78, 5) is 115. The largest absolute Gasteiger partial charge is 0.444 e. The van der Waals surface area contributed by atoms with Crippen molar-refractivity contribution in [2.45, 2.75) is 97.1 Å². The van der Waals surface area contributed by atoms with Gasteiger partial charge in [-0.15, -0.1) is 0 Å². The van der Waals surface area contributed by atoms with E-state index < -0.39 is 89.9 Å². The van der Waals surface area contributed by atoms with Gasteiger partial charge in [0.15, 0.2) is 0 Å². The molecule has 30 nitrogen and oxygen atoms in total. The Morgan fingerprint density at radius 2 is 0.716 bits per heavy atom. The lowest BCUT2D eigenvalue weighted by Crippen LogP contribution is -2.39. The molecule has 2 heterocycles.